The summed E-state index contributed by atoms with van der Waals surface area (Å²) in [7, 11) is 2.01. The molecule has 1 amide bonds. The first-order valence-corrected chi connectivity index (χ1v) is 13.2. The average molecular weight is 492 g/mol. The van der Waals surface area contributed by atoms with Gasteiger partial charge >= 0.3 is 0 Å². The van der Waals surface area contributed by atoms with Crippen LogP contribution in [0.25, 0.3) is 11.0 Å². The molecule has 0 spiro atoms. The van der Waals surface area contributed by atoms with Crippen molar-refractivity contribution in [3.63, 3.8) is 0 Å². The molecule has 9 nitrogen and oxygen atoms in total. The second kappa shape index (κ2) is 11.2. The normalized spacial score (nSPS) is 20.6. The van der Waals surface area contributed by atoms with Gasteiger partial charge in [0.1, 0.15) is 17.9 Å². The maximum atomic E-state index is 13.2. The van der Waals surface area contributed by atoms with E-state index in [9.17, 15) is 4.79 Å². The van der Waals surface area contributed by atoms with Gasteiger partial charge in [0.25, 0.3) is 0 Å². The number of anilines is 1. The van der Waals surface area contributed by atoms with E-state index in [1.54, 1.807) is 6.33 Å². The van der Waals surface area contributed by atoms with E-state index in [1.807, 2.05) is 43.0 Å². The second-order valence-corrected chi connectivity index (χ2v) is 9.90. The molecule has 1 aliphatic carbocycles. The van der Waals surface area contributed by atoms with Crippen LogP contribution in [0.4, 0.5) is 5.82 Å². The monoisotopic (exact) mass is 491 g/mol. The topological polar surface area (TPSA) is 88.4 Å². The zero-order valence-electron chi connectivity index (χ0n) is 21.4. The molecule has 1 saturated carbocycles. The molecule has 36 heavy (non-hydrogen) atoms. The van der Waals surface area contributed by atoms with E-state index in [0.717, 1.165) is 86.6 Å². The van der Waals surface area contributed by atoms with E-state index in [-0.39, 0.29) is 5.92 Å². The number of aromatic nitrogens is 4. The summed E-state index contributed by atoms with van der Waals surface area (Å²) in [6.45, 7) is 7.31. The third-order valence-corrected chi connectivity index (χ3v) is 7.53. The fraction of sp³-hybridized carbons (Fsp3) is 0.556. The van der Waals surface area contributed by atoms with Crippen molar-refractivity contribution >= 4 is 22.8 Å². The van der Waals surface area contributed by atoms with E-state index in [1.165, 1.54) is 0 Å². The van der Waals surface area contributed by atoms with Crippen molar-refractivity contribution in [2.24, 2.45) is 11.8 Å². The Bertz CT molecular complexity index is 1160. The first-order chi connectivity index (χ1) is 17.7. The minimum Gasteiger partial charge on any atom is -0.494 e. The van der Waals surface area contributed by atoms with Gasteiger partial charge in [0.05, 0.1) is 24.7 Å². The average Bonchev–Trinajstić information content (AvgIpc) is 3.32. The Morgan fingerprint density at radius 1 is 1.11 bits per heavy atom. The third-order valence-electron chi connectivity index (χ3n) is 7.53. The van der Waals surface area contributed by atoms with E-state index < -0.39 is 0 Å². The number of amides is 1. The van der Waals surface area contributed by atoms with Gasteiger partial charge in [-0.2, -0.15) is 5.10 Å². The molecule has 2 aliphatic rings. The summed E-state index contributed by atoms with van der Waals surface area (Å²) in [5.41, 5.74) is 1.93. The van der Waals surface area contributed by atoms with Crippen LogP contribution in [-0.2, 0) is 11.3 Å². The molecule has 1 aromatic carbocycles. The molecule has 0 atom stereocenters. The van der Waals surface area contributed by atoms with Crippen LogP contribution in [-0.4, -0.2) is 76.9 Å². The zero-order valence-corrected chi connectivity index (χ0v) is 21.4. The van der Waals surface area contributed by atoms with Gasteiger partial charge < -0.3 is 19.9 Å². The number of rotatable bonds is 8. The highest BCUT2D eigenvalue weighted by Gasteiger charge is 2.31. The number of nitrogens with zero attached hydrogens (tertiary/aromatic N) is 6. The predicted octanol–water partition coefficient (Wildman–Crippen LogP) is 2.95. The van der Waals surface area contributed by atoms with Crippen LogP contribution in [0.5, 0.6) is 5.75 Å². The molecule has 2 aromatic heterocycles. The molecule has 0 bridgehead atoms. The molecular formula is C27H37N7O2. The Balaban J connectivity index is 1.22. The molecule has 0 unspecified atom stereocenters. The predicted molar refractivity (Wildman–Crippen MR) is 140 cm³/mol. The number of hydrogen-bond donors (Lipinski definition) is 1. The van der Waals surface area contributed by atoms with Crippen LogP contribution in [0.15, 0.2) is 36.8 Å². The molecule has 3 aromatic rings. The quantitative estimate of drug-likeness (QED) is 0.518. The number of carbonyl (C=O) groups excluding carboxylic acids is 1. The summed E-state index contributed by atoms with van der Waals surface area (Å²) in [5.74, 6) is 3.00. The van der Waals surface area contributed by atoms with E-state index >= 15 is 0 Å². The van der Waals surface area contributed by atoms with Gasteiger partial charge in [-0.25, -0.2) is 14.6 Å². The number of nitrogens with one attached hydrogen (secondary N) is 1. The van der Waals surface area contributed by atoms with Crippen molar-refractivity contribution in [2.45, 2.75) is 39.2 Å². The van der Waals surface area contributed by atoms with Crippen LogP contribution in [0.3, 0.4) is 0 Å². The zero-order chi connectivity index (χ0) is 24.9. The molecule has 1 aliphatic heterocycles. The lowest BCUT2D eigenvalue weighted by Crippen LogP contribution is -2.51. The van der Waals surface area contributed by atoms with E-state index in [4.69, 9.17) is 4.74 Å². The number of hydrogen-bond acceptors (Lipinski definition) is 7. The molecule has 3 heterocycles. The van der Waals surface area contributed by atoms with Crippen molar-refractivity contribution in [1.82, 2.24) is 30.0 Å². The van der Waals surface area contributed by atoms with Crippen LogP contribution < -0.4 is 15.0 Å². The molecule has 2 fully saturated rings. The van der Waals surface area contributed by atoms with Gasteiger partial charge in [-0.3, -0.25) is 4.79 Å². The first-order valence-electron chi connectivity index (χ1n) is 13.2. The van der Waals surface area contributed by atoms with Crippen LogP contribution in [0.1, 0.15) is 38.2 Å². The molecule has 0 radical (unpaired) electrons. The molecule has 5 rings (SSSR count). The minimum atomic E-state index is 0.190. The maximum absolute atomic E-state index is 13.2. The van der Waals surface area contributed by atoms with Gasteiger partial charge in [-0.15, -0.1) is 0 Å². The van der Waals surface area contributed by atoms with Crippen molar-refractivity contribution in [1.29, 1.82) is 0 Å². The highest BCUT2D eigenvalue weighted by Crippen LogP contribution is 2.31. The SMILES string of the molecule is CCOc1cccc(Cn2ncc3c(N4CCN(C(=O)C5CCC(CNC)CC5)CC4)ncnc32)c1. The van der Waals surface area contributed by atoms with Gasteiger partial charge in [0.15, 0.2) is 5.65 Å². The second-order valence-electron chi connectivity index (χ2n) is 9.90. The highest BCUT2D eigenvalue weighted by atomic mass is 16.5. The summed E-state index contributed by atoms with van der Waals surface area (Å²) >= 11 is 0. The Kier molecular flexibility index (Phi) is 7.65. The van der Waals surface area contributed by atoms with Gasteiger partial charge in [0.2, 0.25) is 5.91 Å². The smallest absolute Gasteiger partial charge is 0.225 e. The number of ether oxygens (including phenoxy) is 1. The summed E-state index contributed by atoms with van der Waals surface area (Å²) in [6.07, 6.45) is 7.81. The molecular weight excluding hydrogens is 454 g/mol. The van der Waals surface area contributed by atoms with Crippen LogP contribution in [0, 0.1) is 11.8 Å². The standard InChI is InChI=1S/C27H37N7O2/c1-3-36-23-6-4-5-21(15-23)18-34-26-24(17-31-34)25(29-19-30-26)32-11-13-33(14-12-32)27(35)22-9-7-20(8-10-22)16-28-2/h4-6,15,17,19-20,22,28H,3,7-14,16,18H2,1-2H3. The molecule has 1 N–H and O–H groups in total. The van der Waals surface area contributed by atoms with Gasteiger partial charge in [0, 0.05) is 32.1 Å². The largest absolute Gasteiger partial charge is 0.494 e. The summed E-state index contributed by atoms with van der Waals surface area (Å²) in [4.78, 5) is 26.6. The number of fused-ring (bicyclic) bond motifs is 1. The van der Waals surface area contributed by atoms with Crippen LogP contribution in [0.2, 0.25) is 0 Å². The van der Waals surface area contributed by atoms with Crippen molar-refractivity contribution < 1.29 is 9.53 Å². The minimum absolute atomic E-state index is 0.190. The molecule has 1 saturated heterocycles. The lowest BCUT2D eigenvalue weighted by molar-refractivity contribution is -0.137. The third kappa shape index (κ3) is 5.31. The number of benzene rings is 1. The summed E-state index contributed by atoms with van der Waals surface area (Å²) in [6, 6.07) is 8.08. The van der Waals surface area contributed by atoms with Crippen LogP contribution >= 0.6 is 0 Å². The lowest BCUT2D eigenvalue weighted by Gasteiger charge is -2.38. The number of carbonyl (C=O) groups is 1. The van der Waals surface area contributed by atoms with Crippen molar-refractivity contribution in [3.8, 4) is 5.75 Å². The Morgan fingerprint density at radius 2 is 1.92 bits per heavy atom. The fourth-order valence-electron chi connectivity index (χ4n) is 5.62. The summed E-state index contributed by atoms with van der Waals surface area (Å²) < 4.78 is 7.55. The lowest BCUT2D eigenvalue weighted by atomic mass is 9.81. The Morgan fingerprint density at radius 3 is 2.67 bits per heavy atom. The molecule has 9 heteroatoms. The van der Waals surface area contributed by atoms with Gasteiger partial charge in [-0.1, -0.05) is 12.1 Å². The first kappa shape index (κ1) is 24.5. The van der Waals surface area contributed by atoms with Gasteiger partial charge in [-0.05, 0) is 69.8 Å². The molecule has 192 valence electrons. The van der Waals surface area contributed by atoms with Crippen molar-refractivity contribution in [2.75, 3.05) is 51.3 Å². The van der Waals surface area contributed by atoms with Crippen molar-refractivity contribution in [3.05, 3.63) is 42.4 Å². The number of piperazine rings is 1. The van der Waals surface area contributed by atoms with E-state index in [0.29, 0.717) is 25.0 Å². The van der Waals surface area contributed by atoms with E-state index in [2.05, 4.69) is 36.2 Å². The Hall–Kier alpha value is -3.20. The summed E-state index contributed by atoms with van der Waals surface area (Å²) in [5, 5.41) is 8.84. The fourth-order valence-corrected chi connectivity index (χ4v) is 5.62. The highest BCUT2D eigenvalue weighted by molar-refractivity contribution is 5.87. The maximum Gasteiger partial charge on any atom is 0.225 e. The Labute approximate surface area is 212 Å².